The summed E-state index contributed by atoms with van der Waals surface area (Å²) in [5.74, 6) is 0.770. The minimum absolute atomic E-state index is 0.0228. The first-order valence-electron chi connectivity index (χ1n) is 7.21. The number of hydrogen-bond donors (Lipinski definition) is 0. The molecule has 0 aromatic carbocycles. The Kier molecular flexibility index (Phi) is 4.74. The van der Waals surface area contributed by atoms with E-state index >= 15 is 0 Å². The Bertz CT molecular complexity index is 464. The Morgan fingerprint density at radius 1 is 1.20 bits per heavy atom. The van der Waals surface area contributed by atoms with E-state index in [1.807, 2.05) is 0 Å². The van der Waals surface area contributed by atoms with Crippen LogP contribution in [0.25, 0.3) is 8.50 Å². The second-order valence-electron chi connectivity index (χ2n) is 6.76. The first-order valence-corrected chi connectivity index (χ1v) is 7.94. The van der Waals surface area contributed by atoms with Crippen molar-refractivity contribution in [3.63, 3.8) is 0 Å². The van der Waals surface area contributed by atoms with Gasteiger partial charge in [-0.05, 0) is 36.0 Å². The van der Waals surface area contributed by atoms with Crippen LogP contribution in [0.5, 0.6) is 0 Å². The first-order chi connectivity index (χ1) is 9.45. The summed E-state index contributed by atoms with van der Waals surface area (Å²) in [6.45, 7) is 7.14. The zero-order valence-electron chi connectivity index (χ0n) is 12.4. The highest BCUT2D eigenvalue weighted by Gasteiger charge is 2.62. The van der Waals surface area contributed by atoms with Crippen LogP contribution in [0.1, 0.15) is 52.9 Å². The quantitative estimate of drug-likeness (QED) is 0.732. The van der Waals surface area contributed by atoms with Gasteiger partial charge >= 0.3 is 0 Å². The van der Waals surface area contributed by atoms with Gasteiger partial charge in [-0.15, -0.1) is 0 Å². The van der Waals surface area contributed by atoms with E-state index in [2.05, 4.69) is 67.0 Å². The maximum Gasteiger partial charge on any atom is 0.255 e. The molecule has 0 N–H and O–H groups in total. The van der Waals surface area contributed by atoms with E-state index in [0.29, 0.717) is 24.4 Å². The number of rotatable bonds is 4. The number of ether oxygens (including phenoxy) is 1. The summed E-state index contributed by atoms with van der Waals surface area (Å²) in [5, 5.41) is 0. The van der Waals surface area contributed by atoms with E-state index in [1.165, 1.54) is 12.8 Å². The van der Waals surface area contributed by atoms with Crippen LogP contribution in [0, 0.1) is 28.9 Å². The van der Waals surface area contributed by atoms with Gasteiger partial charge in [-0.3, -0.25) is 25.6 Å². The standard InChI is InChI=1S/C15H22N2OS2/c1-14(2)11-4-7-15(14,3)13(10-11)18-12(5-8-16-19)6-9-17-20/h11-13H,4-7,10H2,1-3H3. The molecule has 3 nitrogen and oxygen atoms in total. The molecule has 2 saturated carbocycles. The van der Waals surface area contributed by atoms with E-state index in [9.17, 15) is 0 Å². The fourth-order valence-corrected chi connectivity index (χ4v) is 4.16. The van der Waals surface area contributed by atoms with E-state index in [1.54, 1.807) is 0 Å². The molecule has 2 bridgehead atoms. The molecule has 0 aromatic heterocycles. The molecule has 0 spiro atoms. The maximum atomic E-state index is 6.35. The van der Waals surface area contributed by atoms with Crippen molar-refractivity contribution in [1.29, 1.82) is 0 Å². The molecule has 0 amide bonds. The third-order valence-electron chi connectivity index (χ3n) is 5.84. The minimum atomic E-state index is -0.0228. The van der Waals surface area contributed by atoms with Crippen molar-refractivity contribution in [2.45, 2.75) is 65.1 Å². The van der Waals surface area contributed by atoms with Crippen LogP contribution in [0.4, 0.5) is 0 Å². The molecule has 110 valence electrons. The zero-order valence-corrected chi connectivity index (χ0v) is 14.0. The molecule has 20 heavy (non-hydrogen) atoms. The maximum absolute atomic E-state index is 6.35. The summed E-state index contributed by atoms with van der Waals surface area (Å²) in [7, 11) is 0. The second kappa shape index (κ2) is 6.02. The lowest BCUT2D eigenvalue weighted by molar-refractivity contribution is -0.0827. The third kappa shape index (κ3) is 2.60. The van der Waals surface area contributed by atoms with Gasteiger partial charge in [0.1, 0.15) is 12.8 Å². The predicted molar refractivity (Wildman–Crippen MR) is 86.3 cm³/mol. The van der Waals surface area contributed by atoms with Crippen molar-refractivity contribution < 1.29 is 4.74 Å². The molecule has 2 aliphatic carbocycles. The SMILES string of the molecule is CC1(C)C2CCC1(C)C(OC(CC#[N+][S-])CC#[N+][S-])C2. The van der Waals surface area contributed by atoms with Crippen molar-refractivity contribution in [3.8, 4) is 12.1 Å². The van der Waals surface area contributed by atoms with Crippen molar-refractivity contribution in [2.75, 3.05) is 0 Å². The van der Waals surface area contributed by atoms with Crippen LogP contribution in [-0.2, 0) is 30.4 Å². The van der Waals surface area contributed by atoms with Gasteiger partial charge in [0.25, 0.3) is 12.1 Å². The highest BCUT2D eigenvalue weighted by Crippen LogP contribution is 2.66. The molecule has 5 heteroatoms. The van der Waals surface area contributed by atoms with Gasteiger partial charge in [-0.25, -0.2) is 0 Å². The average molecular weight is 310 g/mol. The van der Waals surface area contributed by atoms with Crippen LogP contribution >= 0.6 is 0 Å². The molecule has 0 saturated heterocycles. The van der Waals surface area contributed by atoms with Crippen molar-refractivity contribution >= 4 is 25.6 Å². The van der Waals surface area contributed by atoms with Gasteiger partial charge in [0.05, 0.1) is 12.2 Å². The smallest absolute Gasteiger partial charge is 0.255 e. The molecule has 2 rings (SSSR count). The largest absolute Gasteiger partial charge is 0.372 e. The Hall–Kier alpha value is -0.620. The molecule has 3 unspecified atom stereocenters. The summed E-state index contributed by atoms with van der Waals surface area (Å²) in [5.41, 5.74) is 0.611. The van der Waals surface area contributed by atoms with E-state index in [0.717, 1.165) is 12.3 Å². The predicted octanol–water partition coefficient (Wildman–Crippen LogP) is 3.96. The molecular formula is C15H22N2OS2. The molecule has 0 heterocycles. The first kappa shape index (κ1) is 15.8. The highest BCUT2D eigenvalue weighted by molar-refractivity contribution is 7.61. The molecule has 2 aliphatic rings. The summed E-state index contributed by atoms with van der Waals surface area (Å²) >= 11 is 9.14. The fourth-order valence-electron chi connectivity index (χ4n) is 4.01. The lowest BCUT2D eigenvalue weighted by Crippen LogP contribution is -2.39. The highest BCUT2D eigenvalue weighted by atomic mass is 32.1. The third-order valence-corrected chi connectivity index (χ3v) is 6.10. The summed E-state index contributed by atoms with van der Waals surface area (Å²) in [6, 6.07) is 5.62. The van der Waals surface area contributed by atoms with Crippen LogP contribution < -0.4 is 0 Å². The Labute approximate surface area is 133 Å². The van der Waals surface area contributed by atoms with Gasteiger partial charge in [0.15, 0.2) is 0 Å². The zero-order chi connectivity index (χ0) is 14.8. The van der Waals surface area contributed by atoms with Gasteiger partial charge < -0.3 is 4.74 Å². The molecule has 0 radical (unpaired) electrons. The van der Waals surface area contributed by atoms with Gasteiger partial charge in [-0.2, -0.15) is 8.50 Å². The summed E-state index contributed by atoms with van der Waals surface area (Å²) < 4.78 is 13.4. The van der Waals surface area contributed by atoms with Crippen LogP contribution in [0.3, 0.4) is 0 Å². The fraction of sp³-hybridized carbons (Fsp3) is 0.867. The molecule has 3 atom stereocenters. The average Bonchev–Trinajstić information content (AvgIpc) is 2.74. The van der Waals surface area contributed by atoms with Crippen LogP contribution in [-0.4, -0.2) is 12.2 Å². The number of nitrogens with zero attached hydrogens (tertiary/aromatic N) is 2. The van der Waals surface area contributed by atoms with Crippen LogP contribution in [0.2, 0.25) is 0 Å². The van der Waals surface area contributed by atoms with Gasteiger partial charge in [0, 0.05) is 0 Å². The second-order valence-corrected chi connectivity index (χ2v) is 7.13. The van der Waals surface area contributed by atoms with Crippen molar-refractivity contribution in [1.82, 2.24) is 0 Å². The minimum Gasteiger partial charge on any atom is -0.372 e. The van der Waals surface area contributed by atoms with E-state index < -0.39 is 0 Å². The molecular weight excluding hydrogens is 288 g/mol. The van der Waals surface area contributed by atoms with Crippen LogP contribution in [0.15, 0.2) is 0 Å². The molecule has 0 aliphatic heterocycles. The van der Waals surface area contributed by atoms with E-state index in [-0.39, 0.29) is 11.5 Å². The van der Waals surface area contributed by atoms with Gasteiger partial charge in [0.2, 0.25) is 0 Å². The Morgan fingerprint density at radius 2 is 1.80 bits per heavy atom. The number of fused-ring (bicyclic) bond motifs is 2. The lowest BCUT2D eigenvalue weighted by Gasteiger charge is -2.39. The number of hydrogen-bond acceptors (Lipinski definition) is 3. The van der Waals surface area contributed by atoms with Crippen molar-refractivity contribution in [2.24, 2.45) is 16.7 Å². The molecule has 0 aromatic rings. The summed E-state index contributed by atoms with van der Waals surface area (Å²) in [4.78, 5) is 0. The normalized spacial score (nSPS) is 33.4. The monoisotopic (exact) mass is 310 g/mol. The lowest BCUT2D eigenvalue weighted by atomic mass is 9.70. The van der Waals surface area contributed by atoms with E-state index in [4.69, 9.17) is 4.74 Å². The van der Waals surface area contributed by atoms with Gasteiger partial charge in [-0.1, -0.05) is 20.8 Å². The Morgan fingerprint density at radius 3 is 2.20 bits per heavy atom. The topological polar surface area (TPSA) is 17.9 Å². The molecule has 2 fully saturated rings. The summed E-state index contributed by atoms with van der Waals surface area (Å²) in [6.07, 6.45) is 5.16. The van der Waals surface area contributed by atoms with Crippen molar-refractivity contribution in [3.05, 3.63) is 8.50 Å². The Balaban J connectivity index is 2.07.